The summed E-state index contributed by atoms with van der Waals surface area (Å²) in [6.07, 6.45) is 3.36. The van der Waals surface area contributed by atoms with Gasteiger partial charge in [-0.05, 0) is 45.7 Å². The molecular weight excluding hydrogens is 290 g/mol. The predicted octanol–water partition coefficient (Wildman–Crippen LogP) is 3.55. The molecule has 1 amide bonds. The van der Waals surface area contributed by atoms with Crippen LogP contribution in [0.4, 0.5) is 10.5 Å². The van der Waals surface area contributed by atoms with Gasteiger partial charge in [0.1, 0.15) is 5.60 Å². The number of carbonyl (C=O) groups is 1. The lowest BCUT2D eigenvalue weighted by molar-refractivity contribution is 0.0235. The molecule has 1 aliphatic rings. The first-order valence-corrected chi connectivity index (χ1v) is 7.58. The highest BCUT2D eigenvalue weighted by Crippen LogP contribution is 2.23. The van der Waals surface area contributed by atoms with Crippen LogP contribution in [0.5, 0.6) is 0 Å². The molecule has 116 valence electrons. The molecule has 0 radical (unpaired) electrons. The summed E-state index contributed by atoms with van der Waals surface area (Å²) in [4.78, 5) is 18.0. The number of carbonyl (C=O) groups excluding carboxylic acids is 1. The largest absolute Gasteiger partial charge is 0.444 e. The lowest BCUT2D eigenvalue weighted by Gasteiger charge is -2.29. The van der Waals surface area contributed by atoms with E-state index in [9.17, 15) is 4.79 Å². The number of ether oxygens (including phenoxy) is 1. The third-order valence-electron chi connectivity index (χ3n) is 3.29. The van der Waals surface area contributed by atoms with Crippen LogP contribution >= 0.6 is 11.6 Å². The number of amides is 1. The molecular formula is C15H22ClN3O2. The SMILES string of the molecule is CC(C)(C)OC(=O)N1CCCC1CNc1cccnc1Cl. The van der Waals surface area contributed by atoms with Crippen LogP contribution < -0.4 is 5.32 Å². The molecule has 1 saturated heterocycles. The van der Waals surface area contributed by atoms with E-state index in [1.165, 1.54) is 0 Å². The fraction of sp³-hybridized carbons (Fsp3) is 0.600. The summed E-state index contributed by atoms with van der Waals surface area (Å²) in [7, 11) is 0. The predicted molar refractivity (Wildman–Crippen MR) is 83.7 cm³/mol. The van der Waals surface area contributed by atoms with Crippen molar-refractivity contribution in [1.29, 1.82) is 0 Å². The molecule has 6 heteroatoms. The van der Waals surface area contributed by atoms with Gasteiger partial charge < -0.3 is 15.0 Å². The summed E-state index contributed by atoms with van der Waals surface area (Å²) in [5.74, 6) is 0. The molecule has 2 heterocycles. The molecule has 0 spiro atoms. The summed E-state index contributed by atoms with van der Waals surface area (Å²) < 4.78 is 5.45. The van der Waals surface area contributed by atoms with Gasteiger partial charge in [-0.15, -0.1) is 0 Å². The molecule has 0 aliphatic carbocycles. The van der Waals surface area contributed by atoms with Crippen molar-refractivity contribution >= 4 is 23.4 Å². The van der Waals surface area contributed by atoms with Gasteiger partial charge in [-0.1, -0.05) is 11.6 Å². The van der Waals surface area contributed by atoms with E-state index in [1.54, 1.807) is 11.1 Å². The molecule has 1 aliphatic heterocycles. The summed E-state index contributed by atoms with van der Waals surface area (Å²) in [6, 6.07) is 3.83. The molecule has 1 unspecified atom stereocenters. The number of hydrogen-bond acceptors (Lipinski definition) is 4. The van der Waals surface area contributed by atoms with Crippen LogP contribution in [0, 0.1) is 0 Å². The monoisotopic (exact) mass is 311 g/mol. The van der Waals surface area contributed by atoms with Crippen LogP contribution in [0.1, 0.15) is 33.6 Å². The fourth-order valence-corrected chi connectivity index (χ4v) is 2.54. The Labute approximate surface area is 130 Å². The number of halogens is 1. The number of likely N-dealkylation sites (tertiary alicyclic amines) is 1. The first kappa shape index (κ1) is 15.9. The van der Waals surface area contributed by atoms with Crippen molar-refractivity contribution in [1.82, 2.24) is 9.88 Å². The quantitative estimate of drug-likeness (QED) is 0.867. The third-order valence-corrected chi connectivity index (χ3v) is 3.59. The minimum Gasteiger partial charge on any atom is -0.444 e. The maximum atomic E-state index is 12.2. The van der Waals surface area contributed by atoms with E-state index < -0.39 is 5.60 Å². The Kier molecular flexibility index (Phi) is 4.93. The van der Waals surface area contributed by atoms with Crippen LogP contribution in [0.25, 0.3) is 0 Å². The fourth-order valence-electron chi connectivity index (χ4n) is 2.35. The number of pyridine rings is 1. The van der Waals surface area contributed by atoms with Gasteiger partial charge in [0.05, 0.1) is 11.7 Å². The van der Waals surface area contributed by atoms with E-state index in [0.717, 1.165) is 25.1 Å². The number of nitrogens with zero attached hydrogens (tertiary/aromatic N) is 2. The Bertz CT molecular complexity index is 502. The van der Waals surface area contributed by atoms with Gasteiger partial charge in [-0.25, -0.2) is 9.78 Å². The van der Waals surface area contributed by atoms with E-state index in [2.05, 4.69) is 10.3 Å². The van der Waals surface area contributed by atoms with Crippen LogP contribution in [-0.2, 0) is 4.74 Å². The van der Waals surface area contributed by atoms with Crippen LogP contribution in [0.3, 0.4) is 0 Å². The second-order valence-electron chi connectivity index (χ2n) is 6.19. The van der Waals surface area contributed by atoms with Gasteiger partial charge in [0.25, 0.3) is 0 Å². The van der Waals surface area contributed by atoms with E-state index >= 15 is 0 Å². The van der Waals surface area contributed by atoms with Gasteiger partial charge in [-0.2, -0.15) is 0 Å². The normalized spacial score (nSPS) is 18.7. The van der Waals surface area contributed by atoms with E-state index in [1.807, 2.05) is 32.9 Å². The Morgan fingerprint density at radius 1 is 1.57 bits per heavy atom. The highest BCUT2D eigenvalue weighted by Gasteiger charge is 2.31. The maximum absolute atomic E-state index is 12.2. The highest BCUT2D eigenvalue weighted by molar-refractivity contribution is 6.31. The minimum atomic E-state index is -0.468. The lowest BCUT2D eigenvalue weighted by Crippen LogP contribution is -2.42. The third kappa shape index (κ3) is 4.49. The molecule has 1 aromatic heterocycles. The average Bonchev–Trinajstić information content (AvgIpc) is 2.84. The van der Waals surface area contributed by atoms with Gasteiger partial charge in [0.15, 0.2) is 5.15 Å². The number of anilines is 1. The standard InChI is InChI=1S/C15H22ClN3O2/c1-15(2,3)21-14(20)19-9-5-6-11(19)10-18-12-7-4-8-17-13(12)16/h4,7-8,11,18H,5-6,9-10H2,1-3H3. The number of hydrogen-bond donors (Lipinski definition) is 1. The maximum Gasteiger partial charge on any atom is 0.410 e. The molecule has 1 atom stereocenters. The van der Waals surface area contributed by atoms with E-state index in [0.29, 0.717) is 11.7 Å². The second kappa shape index (κ2) is 6.52. The topological polar surface area (TPSA) is 54.5 Å². The van der Waals surface area contributed by atoms with Crippen molar-refractivity contribution in [3.05, 3.63) is 23.5 Å². The molecule has 0 saturated carbocycles. The summed E-state index contributed by atoms with van der Waals surface area (Å²) >= 11 is 6.02. The number of aromatic nitrogens is 1. The van der Waals surface area contributed by atoms with E-state index in [4.69, 9.17) is 16.3 Å². The lowest BCUT2D eigenvalue weighted by atomic mass is 10.2. The molecule has 1 N–H and O–H groups in total. The van der Waals surface area contributed by atoms with Crippen molar-refractivity contribution in [3.63, 3.8) is 0 Å². The first-order valence-electron chi connectivity index (χ1n) is 7.21. The Morgan fingerprint density at radius 3 is 3.00 bits per heavy atom. The van der Waals surface area contributed by atoms with Crippen molar-refractivity contribution in [2.45, 2.75) is 45.3 Å². The molecule has 2 rings (SSSR count). The summed E-state index contributed by atoms with van der Waals surface area (Å²) in [5, 5.41) is 3.70. The molecule has 5 nitrogen and oxygen atoms in total. The average molecular weight is 312 g/mol. The minimum absolute atomic E-state index is 0.121. The molecule has 21 heavy (non-hydrogen) atoms. The van der Waals surface area contributed by atoms with Crippen molar-refractivity contribution < 1.29 is 9.53 Å². The molecule has 1 aromatic rings. The Hall–Kier alpha value is -1.49. The zero-order valence-corrected chi connectivity index (χ0v) is 13.5. The Balaban J connectivity index is 1.93. The van der Waals surface area contributed by atoms with Gasteiger partial charge in [0.2, 0.25) is 0 Å². The molecule has 0 aromatic carbocycles. The first-order chi connectivity index (χ1) is 9.87. The van der Waals surface area contributed by atoms with Crippen LogP contribution in [-0.4, -0.2) is 40.7 Å². The van der Waals surface area contributed by atoms with Crippen molar-refractivity contribution in [2.24, 2.45) is 0 Å². The van der Waals surface area contributed by atoms with Crippen LogP contribution in [0.15, 0.2) is 18.3 Å². The molecule has 1 fully saturated rings. The molecule has 0 bridgehead atoms. The highest BCUT2D eigenvalue weighted by atomic mass is 35.5. The summed E-state index contributed by atoms with van der Waals surface area (Å²) in [5.41, 5.74) is 0.319. The van der Waals surface area contributed by atoms with Gasteiger partial charge in [-0.3, -0.25) is 0 Å². The zero-order valence-electron chi connectivity index (χ0n) is 12.7. The smallest absolute Gasteiger partial charge is 0.410 e. The van der Waals surface area contributed by atoms with Crippen LogP contribution in [0.2, 0.25) is 5.15 Å². The summed E-state index contributed by atoms with van der Waals surface area (Å²) in [6.45, 7) is 7.02. The van der Waals surface area contributed by atoms with Crippen molar-refractivity contribution in [3.8, 4) is 0 Å². The number of nitrogens with one attached hydrogen (secondary N) is 1. The zero-order chi connectivity index (χ0) is 15.5. The van der Waals surface area contributed by atoms with Gasteiger partial charge >= 0.3 is 6.09 Å². The van der Waals surface area contributed by atoms with Crippen molar-refractivity contribution in [2.75, 3.05) is 18.4 Å². The Morgan fingerprint density at radius 2 is 2.33 bits per heavy atom. The second-order valence-corrected chi connectivity index (χ2v) is 6.55. The van der Waals surface area contributed by atoms with E-state index in [-0.39, 0.29) is 12.1 Å². The number of rotatable bonds is 3. The van der Waals surface area contributed by atoms with Gasteiger partial charge in [0, 0.05) is 19.3 Å².